The molecule has 2 rings (SSSR count). The largest absolute Gasteiger partial charge is 0.477 e. The first kappa shape index (κ1) is 11.5. The van der Waals surface area contributed by atoms with Crippen molar-refractivity contribution in [2.75, 3.05) is 6.61 Å². The first-order valence-corrected chi connectivity index (χ1v) is 6.22. The van der Waals surface area contributed by atoms with Crippen LogP contribution in [0.5, 0.6) is 5.88 Å². The molecule has 1 aliphatic heterocycles. The summed E-state index contributed by atoms with van der Waals surface area (Å²) < 4.78 is 7.90. The molecule has 1 aromatic heterocycles. The maximum absolute atomic E-state index is 5.88. The SMILES string of the molecule is CCCC(C)c1cnn2c1OCC(C)(C)C2. The van der Waals surface area contributed by atoms with Gasteiger partial charge in [0, 0.05) is 11.0 Å². The topological polar surface area (TPSA) is 27.1 Å². The van der Waals surface area contributed by atoms with Gasteiger partial charge in [-0.1, -0.05) is 34.1 Å². The summed E-state index contributed by atoms with van der Waals surface area (Å²) in [6, 6.07) is 0. The highest BCUT2D eigenvalue weighted by molar-refractivity contribution is 5.29. The molecule has 0 aliphatic carbocycles. The molecule has 0 radical (unpaired) electrons. The number of aromatic nitrogens is 2. The zero-order valence-corrected chi connectivity index (χ0v) is 10.8. The number of hydrogen-bond donors (Lipinski definition) is 0. The molecule has 0 spiro atoms. The molecule has 0 fully saturated rings. The van der Waals surface area contributed by atoms with Crippen LogP contribution in [0, 0.1) is 5.41 Å². The van der Waals surface area contributed by atoms with Gasteiger partial charge in [-0.05, 0) is 12.3 Å². The van der Waals surface area contributed by atoms with Crippen molar-refractivity contribution >= 4 is 0 Å². The van der Waals surface area contributed by atoms with Crippen LogP contribution in [0.4, 0.5) is 0 Å². The van der Waals surface area contributed by atoms with E-state index in [1.807, 2.05) is 10.9 Å². The third-order valence-electron chi connectivity index (χ3n) is 3.25. The first-order chi connectivity index (χ1) is 7.53. The van der Waals surface area contributed by atoms with Gasteiger partial charge in [-0.15, -0.1) is 0 Å². The number of fused-ring (bicyclic) bond motifs is 1. The normalized spacial score (nSPS) is 20.0. The second-order valence-corrected chi connectivity index (χ2v) is 5.71. The fraction of sp³-hybridized carbons (Fsp3) is 0.769. The van der Waals surface area contributed by atoms with Crippen LogP contribution in [0.15, 0.2) is 6.20 Å². The summed E-state index contributed by atoms with van der Waals surface area (Å²) in [7, 11) is 0. The smallest absolute Gasteiger partial charge is 0.215 e. The first-order valence-electron chi connectivity index (χ1n) is 6.22. The Hall–Kier alpha value is -0.990. The molecule has 3 heteroatoms. The van der Waals surface area contributed by atoms with E-state index in [2.05, 4.69) is 32.8 Å². The summed E-state index contributed by atoms with van der Waals surface area (Å²) in [5.41, 5.74) is 1.47. The van der Waals surface area contributed by atoms with Crippen LogP contribution in [0.2, 0.25) is 0 Å². The molecule has 1 atom stereocenters. The van der Waals surface area contributed by atoms with Gasteiger partial charge < -0.3 is 4.74 Å². The highest BCUT2D eigenvalue weighted by Gasteiger charge is 2.30. The van der Waals surface area contributed by atoms with Crippen LogP contribution < -0.4 is 4.74 Å². The van der Waals surface area contributed by atoms with Gasteiger partial charge in [0.1, 0.15) is 0 Å². The van der Waals surface area contributed by atoms with E-state index in [1.165, 1.54) is 18.4 Å². The Morgan fingerprint density at radius 1 is 1.56 bits per heavy atom. The summed E-state index contributed by atoms with van der Waals surface area (Å²) in [5, 5.41) is 4.45. The van der Waals surface area contributed by atoms with Crippen molar-refractivity contribution in [1.82, 2.24) is 9.78 Å². The highest BCUT2D eigenvalue weighted by atomic mass is 16.5. The van der Waals surface area contributed by atoms with Gasteiger partial charge in [0.05, 0.1) is 19.3 Å². The lowest BCUT2D eigenvalue weighted by atomic mass is 9.93. The molecule has 90 valence electrons. The minimum Gasteiger partial charge on any atom is -0.477 e. The molecule has 1 unspecified atom stereocenters. The van der Waals surface area contributed by atoms with E-state index in [1.54, 1.807) is 0 Å². The third kappa shape index (κ3) is 2.08. The van der Waals surface area contributed by atoms with E-state index in [0.29, 0.717) is 5.92 Å². The van der Waals surface area contributed by atoms with Gasteiger partial charge in [0.15, 0.2) is 0 Å². The Morgan fingerprint density at radius 2 is 2.31 bits per heavy atom. The molecule has 0 saturated heterocycles. The Bertz CT molecular complexity index is 368. The average Bonchev–Trinajstić information content (AvgIpc) is 2.59. The molecular weight excluding hydrogens is 200 g/mol. The summed E-state index contributed by atoms with van der Waals surface area (Å²) in [6.45, 7) is 10.7. The Kier molecular flexibility index (Phi) is 2.96. The van der Waals surface area contributed by atoms with Gasteiger partial charge in [-0.3, -0.25) is 0 Å². The lowest BCUT2D eigenvalue weighted by Crippen LogP contribution is -2.33. The van der Waals surface area contributed by atoms with E-state index in [9.17, 15) is 0 Å². The maximum atomic E-state index is 5.88. The molecule has 0 aromatic carbocycles. The van der Waals surface area contributed by atoms with Crippen molar-refractivity contribution in [2.24, 2.45) is 5.41 Å². The molecule has 0 saturated carbocycles. The van der Waals surface area contributed by atoms with E-state index < -0.39 is 0 Å². The summed E-state index contributed by atoms with van der Waals surface area (Å²) in [4.78, 5) is 0. The molecule has 3 nitrogen and oxygen atoms in total. The van der Waals surface area contributed by atoms with Crippen molar-refractivity contribution in [1.29, 1.82) is 0 Å². The maximum Gasteiger partial charge on any atom is 0.215 e. The van der Waals surface area contributed by atoms with Gasteiger partial charge in [-0.2, -0.15) is 5.10 Å². The summed E-state index contributed by atoms with van der Waals surface area (Å²) >= 11 is 0. The molecule has 2 heterocycles. The fourth-order valence-electron chi connectivity index (χ4n) is 2.30. The number of rotatable bonds is 3. The van der Waals surface area contributed by atoms with Gasteiger partial charge >= 0.3 is 0 Å². The van der Waals surface area contributed by atoms with Crippen LogP contribution in [0.25, 0.3) is 0 Å². The van der Waals surface area contributed by atoms with E-state index in [-0.39, 0.29) is 5.41 Å². The van der Waals surface area contributed by atoms with Crippen LogP contribution in [-0.4, -0.2) is 16.4 Å². The van der Waals surface area contributed by atoms with Crippen molar-refractivity contribution in [3.8, 4) is 5.88 Å². The minimum atomic E-state index is 0.199. The monoisotopic (exact) mass is 222 g/mol. The number of ether oxygens (including phenoxy) is 1. The molecular formula is C13H22N2O. The van der Waals surface area contributed by atoms with Crippen molar-refractivity contribution in [3.05, 3.63) is 11.8 Å². The fourth-order valence-corrected chi connectivity index (χ4v) is 2.30. The van der Waals surface area contributed by atoms with Crippen LogP contribution in [0.3, 0.4) is 0 Å². The minimum absolute atomic E-state index is 0.199. The number of nitrogens with zero attached hydrogens (tertiary/aromatic N) is 2. The highest BCUT2D eigenvalue weighted by Crippen LogP contribution is 2.35. The molecule has 0 N–H and O–H groups in total. The van der Waals surface area contributed by atoms with Crippen molar-refractivity contribution in [3.63, 3.8) is 0 Å². The van der Waals surface area contributed by atoms with Crippen molar-refractivity contribution < 1.29 is 4.74 Å². The third-order valence-corrected chi connectivity index (χ3v) is 3.25. The van der Waals surface area contributed by atoms with Crippen LogP contribution in [-0.2, 0) is 6.54 Å². The summed E-state index contributed by atoms with van der Waals surface area (Å²) in [6.07, 6.45) is 4.39. The molecule has 1 aromatic rings. The van der Waals surface area contributed by atoms with E-state index in [0.717, 1.165) is 19.0 Å². The van der Waals surface area contributed by atoms with Crippen molar-refractivity contribution in [2.45, 2.75) is 53.0 Å². The number of hydrogen-bond acceptors (Lipinski definition) is 2. The predicted octanol–water partition coefficient (Wildman–Crippen LogP) is 3.21. The van der Waals surface area contributed by atoms with Gasteiger partial charge in [-0.25, -0.2) is 4.68 Å². The van der Waals surface area contributed by atoms with E-state index in [4.69, 9.17) is 4.74 Å². The second kappa shape index (κ2) is 4.11. The standard InChI is InChI=1S/C13H22N2O/c1-5-6-10(2)11-7-14-15-8-13(3,4)9-16-12(11)15/h7,10H,5-6,8-9H2,1-4H3. The quantitative estimate of drug-likeness (QED) is 0.785. The Labute approximate surface area is 97.8 Å². The molecule has 16 heavy (non-hydrogen) atoms. The molecule has 0 bridgehead atoms. The van der Waals surface area contributed by atoms with Gasteiger partial charge in [0.25, 0.3) is 0 Å². The molecule has 1 aliphatic rings. The van der Waals surface area contributed by atoms with Gasteiger partial charge in [0.2, 0.25) is 5.88 Å². The molecule has 0 amide bonds. The Morgan fingerprint density at radius 3 is 3.00 bits per heavy atom. The van der Waals surface area contributed by atoms with Crippen LogP contribution in [0.1, 0.15) is 52.0 Å². The summed E-state index contributed by atoms with van der Waals surface area (Å²) in [5.74, 6) is 1.55. The zero-order valence-electron chi connectivity index (χ0n) is 10.8. The zero-order chi connectivity index (χ0) is 11.8. The lowest BCUT2D eigenvalue weighted by molar-refractivity contribution is 0.0988. The second-order valence-electron chi connectivity index (χ2n) is 5.71. The Balaban J connectivity index is 2.22. The van der Waals surface area contributed by atoms with Crippen LogP contribution >= 0.6 is 0 Å². The lowest BCUT2D eigenvalue weighted by Gasteiger charge is -2.31. The predicted molar refractivity (Wildman–Crippen MR) is 64.8 cm³/mol. The average molecular weight is 222 g/mol. The van der Waals surface area contributed by atoms with E-state index >= 15 is 0 Å².